The van der Waals surface area contributed by atoms with E-state index in [0.29, 0.717) is 0 Å². The van der Waals surface area contributed by atoms with Crippen molar-refractivity contribution >= 4 is 5.78 Å². The molecular formula is C14H11O. The van der Waals surface area contributed by atoms with Crippen LogP contribution < -0.4 is 0 Å². The molecule has 2 aromatic rings. The first-order valence-electron chi connectivity index (χ1n) is 5.07. The lowest BCUT2D eigenvalue weighted by Gasteiger charge is -2.17. The van der Waals surface area contributed by atoms with Crippen molar-refractivity contribution in [3.63, 3.8) is 0 Å². The van der Waals surface area contributed by atoms with Crippen molar-refractivity contribution in [3.05, 3.63) is 70.8 Å². The molecule has 0 atom stereocenters. The summed E-state index contributed by atoms with van der Waals surface area (Å²) in [7, 11) is 0. The molecule has 0 bridgehead atoms. The fourth-order valence-corrected chi connectivity index (χ4v) is 2.14. The van der Waals surface area contributed by atoms with Crippen molar-refractivity contribution in [1.82, 2.24) is 0 Å². The topological polar surface area (TPSA) is 17.1 Å². The molecule has 15 heavy (non-hydrogen) atoms. The summed E-state index contributed by atoms with van der Waals surface area (Å²) in [4.78, 5) is 12.1. The number of hydrogen-bond donors (Lipinski definition) is 0. The molecule has 0 saturated heterocycles. The molecule has 0 N–H and O–H groups in total. The maximum Gasteiger partial charge on any atom is 0.193 e. The van der Waals surface area contributed by atoms with E-state index in [0.717, 1.165) is 28.7 Å². The van der Waals surface area contributed by atoms with Crippen LogP contribution in [0.5, 0.6) is 0 Å². The van der Waals surface area contributed by atoms with Crippen molar-refractivity contribution in [3.8, 4) is 0 Å². The summed E-state index contributed by atoms with van der Waals surface area (Å²) in [6, 6.07) is 15.7. The number of ketones is 1. The molecule has 1 heteroatoms. The number of rotatable bonds is 0. The Labute approximate surface area is 89.9 Å². The van der Waals surface area contributed by atoms with E-state index in [1.54, 1.807) is 0 Å². The summed E-state index contributed by atoms with van der Waals surface area (Å²) in [5.74, 6) is 0.160. The van der Waals surface area contributed by atoms with Crippen LogP contribution in [-0.2, 0) is 6.42 Å². The van der Waals surface area contributed by atoms with Crippen molar-refractivity contribution in [2.24, 2.45) is 0 Å². The maximum absolute atomic E-state index is 12.1. The fraction of sp³-hybridized carbons (Fsp3) is 0.0714. The first-order valence-corrected chi connectivity index (χ1v) is 5.07. The first-order chi connectivity index (χ1) is 7.36. The highest BCUT2D eigenvalue weighted by atomic mass is 16.1. The van der Waals surface area contributed by atoms with Gasteiger partial charge in [-0.25, -0.2) is 0 Å². The van der Waals surface area contributed by atoms with Crippen LogP contribution in [0, 0.1) is 0 Å². The third kappa shape index (κ3) is 1.20. The number of carbonyl (C=O) groups is 1. The molecule has 0 unspecified atom stereocenters. The third-order valence-electron chi connectivity index (χ3n) is 2.90. The highest BCUT2D eigenvalue weighted by molar-refractivity contribution is 6.12. The zero-order chi connectivity index (χ0) is 10.3. The molecular weight excluding hydrogens is 184 g/mol. The molecule has 1 radical (unpaired) electrons. The van der Waals surface area contributed by atoms with Crippen LogP contribution >= 0.6 is 0 Å². The van der Waals surface area contributed by atoms with E-state index in [9.17, 15) is 4.79 Å². The molecule has 0 aliphatic heterocycles. The zero-order valence-electron chi connectivity index (χ0n) is 9.23. The molecule has 73 valence electrons. The van der Waals surface area contributed by atoms with E-state index in [-0.39, 0.29) is 7.21 Å². The average Bonchev–Trinajstić information content (AvgIpc) is 2.30. The molecule has 1 nitrogen and oxygen atoms in total. The van der Waals surface area contributed by atoms with Crippen LogP contribution in [0.4, 0.5) is 0 Å². The van der Waals surface area contributed by atoms with Crippen LogP contribution in [0.3, 0.4) is 0 Å². The Balaban J connectivity index is 0.000000963. The quantitative estimate of drug-likeness (QED) is 0.539. The van der Waals surface area contributed by atoms with Gasteiger partial charge in [-0.3, -0.25) is 4.79 Å². The van der Waals surface area contributed by atoms with Crippen LogP contribution in [0.2, 0.25) is 0 Å². The predicted molar refractivity (Wildman–Crippen MR) is 60.2 cm³/mol. The summed E-state index contributed by atoms with van der Waals surface area (Å²) in [6.45, 7) is 0. The molecule has 0 amide bonds. The van der Waals surface area contributed by atoms with Gasteiger partial charge in [-0.15, -0.1) is 0 Å². The summed E-state index contributed by atoms with van der Waals surface area (Å²) in [5, 5.41) is 0. The molecule has 3 rings (SSSR count). The predicted octanol–water partition coefficient (Wildman–Crippen LogP) is 2.93. The lowest BCUT2D eigenvalue weighted by Crippen LogP contribution is -2.14. The second-order valence-corrected chi connectivity index (χ2v) is 3.82. The fourth-order valence-electron chi connectivity index (χ4n) is 2.14. The van der Waals surface area contributed by atoms with Crippen LogP contribution in [0.15, 0.2) is 48.5 Å². The van der Waals surface area contributed by atoms with E-state index in [4.69, 9.17) is 0 Å². The van der Waals surface area contributed by atoms with Gasteiger partial charge < -0.3 is 0 Å². The minimum absolute atomic E-state index is 0. The zero-order valence-corrected chi connectivity index (χ0v) is 8.23. The third-order valence-corrected chi connectivity index (χ3v) is 2.90. The van der Waals surface area contributed by atoms with Crippen LogP contribution in [-0.4, -0.2) is 5.78 Å². The van der Waals surface area contributed by atoms with Gasteiger partial charge in [-0.1, -0.05) is 48.5 Å². The Hall–Kier alpha value is -1.89. The highest BCUT2D eigenvalue weighted by Crippen LogP contribution is 2.26. The van der Waals surface area contributed by atoms with E-state index >= 15 is 0 Å². The minimum Gasteiger partial charge on any atom is -0.289 e. The van der Waals surface area contributed by atoms with Gasteiger partial charge in [-0.05, 0) is 17.5 Å². The van der Waals surface area contributed by atoms with Gasteiger partial charge in [0.15, 0.2) is 5.78 Å². The Morgan fingerprint density at radius 3 is 1.80 bits per heavy atom. The smallest absolute Gasteiger partial charge is 0.193 e. The summed E-state index contributed by atoms with van der Waals surface area (Å²) in [5.41, 5.74) is 4.00. The van der Waals surface area contributed by atoms with Gasteiger partial charge >= 0.3 is 0 Å². The largest absolute Gasteiger partial charge is 0.289 e. The summed E-state index contributed by atoms with van der Waals surface area (Å²) < 4.78 is 0. The van der Waals surface area contributed by atoms with Crippen LogP contribution in [0.1, 0.15) is 28.5 Å². The van der Waals surface area contributed by atoms with E-state index in [2.05, 4.69) is 0 Å². The van der Waals surface area contributed by atoms with E-state index in [1.807, 2.05) is 48.5 Å². The lowest BCUT2D eigenvalue weighted by atomic mass is 9.85. The summed E-state index contributed by atoms with van der Waals surface area (Å²) >= 11 is 0. The monoisotopic (exact) mass is 195 g/mol. The maximum atomic E-state index is 12.1. The van der Waals surface area contributed by atoms with E-state index < -0.39 is 0 Å². The van der Waals surface area contributed by atoms with Crippen LogP contribution in [0.25, 0.3) is 0 Å². The lowest BCUT2D eigenvalue weighted by molar-refractivity contribution is 0.103. The van der Waals surface area contributed by atoms with Gasteiger partial charge in [0.2, 0.25) is 0 Å². The molecule has 1 aliphatic rings. The second kappa shape index (κ2) is 3.06. The summed E-state index contributed by atoms with van der Waals surface area (Å²) in [6.07, 6.45) is 0.873. The van der Waals surface area contributed by atoms with Crippen molar-refractivity contribution in [1.29, 1.82) is 0 Å². The molecule has 0 aromatic heterocycles. The molecule has 0 saturated carbocycles. The minimum atomic E-state index is 0. The Kier molecular flexibility index (Phi) is 1.72. The normalized spacial score (nSPS) is 13.2. The Bertz CT molecular complexity index is 498. The van der Waals surface area contributed by atoms with Crippen molar-refractivity contribution in [2.45, 2.75) is 6.42 Å². The van der Waals surface area contributed by atoms with Crippen molar-refractivity contribution in [2.75, 3.05) is 0 Å². The Morgan fingerprint density at radius 2 is 1.27 bits per heavy atom. The number of carbonyl (C=O) groups excluding carboxylic acids is 1. The number of hydrogen-bond acceptors (Lipinski definition) is 1. The highest BCUT2D eigenvalue weighted by Gasteiger charge is 2.21. The van der Waals surface area contributed by atoms with Gasteiger partial charge in [-0.2, -0.15) is 0 Å². The van der Waals surface area contributed by atoms with Gasteiger partial charge in [0, 0.05) is 12.6 Å². The molecule has 2 aromatic carbocycles. The van der Waals surface area contributed by atoms with Gasteiger partial charge in [0.25, 0.3) is 0 Å². The molecule has 0 fully saturated rings. The SMILES string of the molecule is O=C1c2ccccc2Cc2ccccc21.[H]. The van der Waals surface area contributed by atoms with Gasteiger partial charge in [0.05, 0.1) is 0 Å². The first kappa shape index (κ1) is 8.42. The molecule has 0 heterocycles. The number of fused-ring (bicyclic) bond motifs is 2. The average molecular weight is 195 g/mol. The molecule has 0 spiro atoms. The Morgan fingerprint density at radius 1 is 0.800 bits per heavy atom. The number of benzene rings is 2. The van der Waals surface area contributed by atoms with Gasteiger partial charge in [0.1, 0.15) is 0 Å². The standard InChI is InChI=1S/C14H10O.H/c15-14-12-7-3-1-5-10(12)9-11-6-2-4-8-13(11)14;/h1-8H,9H2;. The van der Waals surface area contributed by atoms with E-state index in [1.165, 1.54) is 0 Å². The second-order valence-electron chi connectivity index (χ2n) is 3.82. The molecule has 1 aliphatic carbocycles. The van der Waals surface area contributed by atoms with Crippen molar-refractivity contribution < 1.29 is 6.22 Å².